The van der Waals surface area contributed by atoms with E-state index in [1.54, 1.807) is 0 Å². The summed E-state index contributed by atoms with van der Waals surface area (Å²) in [6.45, 7) is 5.46. The van der Waals surface area contributed by atoms with Crippen molar-refractivity contribution in [1.82, 2.24) is 15.5 Å². The van der Waals surface area contributed by atoms with Crippen LogP contribution < -0.4 is 10.6 Å². The topological polar surface area (TPSA) is 61.4 Å². The van der Waals surface area contributed by atoms with E-state index in [9.17, 15) is 9.59 Å². The Labute approximate surface area is 146 Å². The smallest absolute Gasteiger partial charge is 0.224 e. The third-order valence-electron chi connectivity index (χ3n) is 4.88. The minimum Gasteiger partial charge on any atom is -0.356 e. The molecule has 0 aromatic carbocycles. The number of hydrogen-bond acceptors (Lipinski definition) is 3. The lowest BCUT2D eigenvalue weighted by molar-refractivity contribution is -0.136. The summed E-state index contributed by atoms with van der Waals surface area (Å²) < 4.78 is 0. The summed E-state index contributed by atoms with van der Waals surface area (Å²) in [5, 5.41) is 6.41. The molecule has 2 amide bonds. The van der Waals surface area contributed by atoms with Gasteiger partial charge in [0.25, 0.3) is 0 Å². The molecule has 2 aliphatic rings. The van der Waals surface area contributed by atoms with Crippen molar-refractivity contribution in [3.05, 3.63) is 0 Å². The lowest BCUT2D eigenvalue weighted by atomic mass is 9.95. The van der Waals surface area contributed by atoms with E-state index in [2.05, 4.69) is 17.6 Å². The van der Waals surface area contributed by atoms with E-state index in [0.717, 1.165) is 51.9 Å². The van der Waals surface area contributed by atoms with E-state index in [1.165, 1.54) is 19.3 Å². The zero-order valence-corrected chi connectivity index (χ0v) is 15.1. The first-order valence-corrected chi connectivity index (χ1v) is 8.99. The van der Waals surface area contributed by atoms with Gasteiger partial charge in [0.2, 0.25) is 11.8 Å². The highest BCUT2D eigenvalue weighted by molar-refractivity contribution is 5.85. The molecule has 134 valence electrons. The van der Waals surface area contributed by atoms with Gasteiger partial charge in [-0.15, -0.1) is 12.4 Å². The van der Waals surface area contributed by atoms with Crippen molar-refractivity contribution in [3.8, 4) is 0 Å². The normalized spacial score (nSPS) is 21.8. The minimum atomic E-state index is 0. The van der Waals surface area contributed by atoms with Crippen LogP contribution in [0.3, 0.4) is 0 Å². The van der Waals surface area contributed by atoms with Gasteiger partial charge in [-0.2, -0.15) is 0 Å². The molecule has 0 spiro atoms. The Morgan fingerprint density at radius 2 is 1.91 bits per heavy atom. The quantitative estimate of drug-likeness (QED) is 0.694. The SMILES string of the molecule is CCCCCNC(=O)C1CCN(C(=O)CC2CCCN2)CC1.Cl. The van der Waals surface area contributed by atoms with Crippen LogP contribution in [-0.2, 0) is 9.59 Å². The first-order valence-electron chi connectivity index (χ1n) is 8.99. The van der Waals surface area contributed by atoms with E-state index in [1.807, 2.05) is 4.90 Å². The Kier molecular flexibility index (Phi) is 9.56. The van der Waals surface area contributed by atoms with Crippen molar-refractivity contribution >= 4 is 24.2 Å². The third-order valence-corrected chi connectivity index (χ3v) is 4.88. The molecule has 0 radical (unpaired) electrons. The lowest BCUT2D eigenvalue weighted by Crippen LogP contribution is -2.44. The molecule has 0 saturated carbocycles. The van der Waals surface area contributed by atoms with Crippen LogP contribution in [0.4, 0.5) is 0 Å². The molecule has 2 rings (SSSR count). The summed E-state index contributed by atoms with van der Waals surface area (Å²) in [5.74, 6) is 0.525. The molecular formula is C17H32ClN3O2. The van der Waals surface area contributed by atoms with E-state index < -0.39 is 0 Å². The highest BCUT2D eigenvalue weighted by Crippen LogP contribution is 2.19. The predicted molar refractivity (Wildman–Crippen MR) is 94.7 cm³/mol. The summed E-state index contributed by atoms with van der Waals surface area (Å²) in [6.07, 6.45) is 7.93. The zero-order chi connectivity index (χ0) is 15.8. The molecule has 1 unspecified atom stereocenters. The van der Waals surface area contributed by atoms with Crippen LogP contribution in [0.2, 0.25) is 0 Å². The molecule has 0 aromatic heterocycles. The Morgan fingerprint density at radius 1 is 1.17 bits per heavy atom. The Balaban J connectivity index is 0.00000264. The monoisotopic (exact) mass is 345 g/mol. The van der Waals surface area contributed by atoms with E-state index in [0.29, 0.717) is 12.5 Å². The van der Waals surface area contributed by atoms with Crippen molar-refractivity contribution in [2.75, 3.05) is 26.2 Å². The maximum atomic E-state index is 12.3. The molecule has 0 aromatic rings. The van der Waals surface area contributed by atoms with Gasteiger partial charge in [0.05, 0.1) is 0 Å². The fraction of sp³-hybridized carbons (Fsp3) is 0.882. The van der Waals surface area contributed by atoms with Crippen LogP contribution >= 0.6 is 12.4 Å². The number of nitrogens with zero attached hydrogens (tertiary/aromatic N) is 1. The number of unbranched alkanes of at least 4 members (excludes halogenated alkanes) is 2. The maximum absolute atomic E-state index is 12.3. The molecule has 2 fully saturated rings. The van der Waals surface area contributed by atoms with Crippen molar-refractivity contribution in [2.45, 2.75) is 64.3 Å². The Hall–Kier alpha value is -0.810. The van der Waals surface area contributed by atoms with Crippen LogP contribution in [-0.4, -0.2) is 48.9 Å². The van der Waals surface area contributed by atoms with Gasteiger partial charge in [0, 0.05) is 38.0 Å². The van der Waals surface area contributed by atoms with Crippen molar-refractivity contribution in [2.24, 2.45) is 5.92 Å². The van der Waals surface area contributed by atoms with E-state index in [-0.39, 0.29) is 30.1 Å². The lowest BCUT2D eigenvalue weighted by Gasteiger charge is -2.32. The van der Waals surface area contributed by atoms with Crippen molar-refractivity contribution in [1.29, 1.82) is 0 Å². The molecule has 2 saturated heterocycles. The summed E-state index contributed by atoms with van der Waals surface area (Å²) in [7, 11) is 0. The number of hydrogen-bond donors (Lipinski definition) is 2. The number of amides is 2. The number of carbonyl (C=O) groups is 2. The van der Waals surface area contributed by atoms with Crippen molar-refractivity contribution < 1.29 is 9.59 Å². The average molecular weight is 346 g/mol. The second-order valence-corrected chi connectivity index (χ2v) is 6.65. The number of likely N-dealkylation sites (tertiary alicyclic amines) is 1. The van der Waals surface area contributed by atoms with Gasteiger partial charge in [0.15, 0.2) is 0 Å². The Bertz CT molecular complexity index is 365. The van der Waals surface area contributed by atoms with Crippen LogP contribution in [0, 0.1) is 5.92 Å². The van der Waals surface area contributed by atoms with Gasteiger partial charge in [0.1, 0.15) is 0 Å². The summed E-state index contributed by atoms with van der Waals surface area (Å²) >= 11 is 0. The molecular weight excluding hydrogens is 314 g/mol. The van der Waals surface area contributed by atoms with Crippen LogP contribution in [0.15, 0.2) is 0 Å². The molecule has 23 heavy (non-hydrogen) atoms. The molecule has 2 aliphatic heterocycles. The van der Waals surface area contributed by atoms with Gasteiger partial charge in [-0.3, -0.25) is 9.59 Å². The highest BCUT2D eigenvalue weighted by atomic mass is 35.5. The minimum absolute atomic E-state index is 0. The molecule has 2 N–H and O–H groups in total. The van der Waals surface area contributed by atoms with Gasteiger partial charge in [-0.25, -0.2) is 0 Å². The zero-order valence-electron chi connectivity index (χ0n) is 14.3. The standard InChI is InChI=1S/C17H31N3O2.ClH/c1-2-3-4-9-19-17(22)14-7-11-20(12-8-14)16(21)13-15-6-5-10-18-15;/h14-15,18H,2-13H2,1H3,(H,19,22);1H. The van der Waals surface area contributed by atoms with Gasteiger partial charge in [-0.05, 0) is 38.6 Å². The second kappa shape index (κ2) is 10.9. The molecule has 2 heterocycles. The highest BCUT2D eigenvalue weighted by Gasteiger charge is 2.28. The fourth-order valence-corrected chi connectivity index (χ4v) is 3.39. The van der Waals surface area contributed by atoms with Crippen LogP contribution in [0.25, 0.3) is 0 Å². The largest absolute Gasteiger partial charge is 0.356 e. The van der Waals surface area contributed by atoms with Crippen molar-refractivity contribution in [3.63, 3.8) is 0 Å². The first kappa shape index (κ1) is 20.2. The number of halogens is 1. The molecule has 0 aliphatic carbocycles. The summed E-state index contributed by atoms with van der Waals surface area (Å²) in [5.41, 5.74) is 0. The van der Waals surface area contributed by atoms with E-state index in [4.69, 9.17) is 0 Å². The summed E-state index contributed by atoms with van der Waals surface area (Å²) in [4.78, 5) is 26.3. The first-order chi connectivity index (χ1) is 10.7. The molecule has 0 bridgehead atoms. The maximum Gasteiger partial charge on any atom is 0.224 e. The van der Waals surface area contributed by atoms with Crippen LogP contribution in [0.1, 0.15) is 58.3 Å². The Morgan fingerprint density at radius 3 is 2.52 bits per heavy atom. The van der Waals surface area contributed by atoms with Gasteiger partial charge in [-0.1, -0.05) is 19.8 Å². The molecule has 6 heteroatoms. The summed E-state index contributed by atoms with van der Waals surface area (Å²) in [6, 6.07) is 0.368. The number of rotatable bonds is 7. The average Bonchev–Trinajstić information content (AvgIpc) is 3.04. The predicted octanol–water partition coefficient (Wildman–Crippen LogP) is 2.10. The number of carbonyl (C=O) groups excluding carboxylic acids is 2. The molecule has 1 atom stereocenters. The van der Waals surface area contributed by atoms with Gasteiger partial charge < -0.3 is 15.5 Å². The van der Waals surface area contributed by atoms with Crippen LogP contribution in [0.5, 0.6) is 0 Å². The van der Waals surface area contributed by atoms with E-state index >= 15 is 0 Å². The second-order valence-electron chi connectivity index (χ2n) is 6.65. The molecule has 5 nitrogen and oxygen atoms in total. The number of piperidine rings is 1. The third kappa shape index (κ3) is 6.68. The fourth-order valence-electron chi connectivity index (χ4n) is 3.39. The number of nitrogens with one attached hydrogen (secondary N) is 2. The van der Waals surface area contributed by atoms with Gasteiger partial charge >= 0.3 is 0 Å².